The van der Waals surface area contributed by atoms with Crippen LogP contribution in [0.5, 0.6) is 5.75 Å². The van der Waals surface area contributed by atoms with Gasteiger partial charge in [-0.05, 0) is 24.6 Å². The number of fused-ring (bicyclic) bond motifs is 1. The number of imidazole rings is 1. The molecule has 0 saturated carbocycles. The number of amides is 1. The molecule has 0 bridgehead atoms. The standard InChI is InChI=1S/C19H24N4O2/c1-3-4-5-8-25-16-7-6-14-9-18(22-17(14)10-16)19(24)23(2)12-15-11-20-13-21-15/h6-7,9-11,13,22H,3-5,8,12H2,1-2H3,(H,20,21). The van der Waals surface area contributed by atoms with Crippen molar-refractivity contribution in [3.05, 3.63) is 48.2 Å². The Labute approximate surface area is 147 Å². The van der Waals surface area contributed by atoms with Gasteiger partial charge in [0, 0.05) is 30.2 Å². The number of nitrogens with one attached hydrogen (secondary N) is 2. The Bertz CT molecular complexity index is 823. The Morgan fingerprint density at radius 3 is 2.92 bits per heavy atom. The minimum atomic E-state index is -0.0591. The number of carbonyl (C=O) groups is 1. The Morgan fingerprint density at radius 2 is 2.16 bits per heavy atom. The van der Waals surface area contributed by atoms with E-state index in [1.165, 1.54) is 12.8 Å². The summed E-state index contributed by atoms with van der Waals surface area (Å²) in [5.74, 6) is 0.770. The van der Waals surface area contributed by atoms with Crippen LogP contribution in [0.3, 0.4) is 0 Å². The maximum absolute atomic E-state index is 12.6. The maximum Gasteiger partial charge on any atom is 0.270 e. The van der Waals surface area contributed by atoms with E-state index in [4.69, 9.17) is 4.74 Å². The summed E-state index contributed by atoms with van der Waals surface area (Å²) < 4.78 is 5.78. The second-order valence-corrected chi connectivity index (χ2v) is 6.23. The summed E-state index contributed by atoms with van der Waals surface area (Å²) in [6.07, 6.45) is 6.74. The topological polar surface area (TPSA) is 74.0 Å². The van der Waals surface area contributed by atoms with Gasteiger partial charge < -0.3 is 19.6 Å². The fourth-order valence-electron chi connectivity index (χ4n) is 2.76. The van der Waals surface area contributed by atoms with E-state index in [1.54, 1.807) is 24.5 Å². The van der Waals surface area contributed by atoms with Crippen molar-refractivity contribution >= 4 is 16.8 Å². The van der Waals surface area contributed by atoms with Gasteiger partial charge in [0.25, 0.3) is 5.91 Å². The smallest absolute Gasteiger partial charge is 0.270 e. The van der Waals surface area contributed by atoms with E-state index in [0.717, 1.165) is 35.4 Å². The minimum absolute atomic E-state index is 0.0591. The SMILES string of the molecule is CCCCCOc1ccc2cc(C(=O)N(C)Cc3cnc[nH]3)[nH]c2c1. The monoisotopic (exact) mass is 340 g/mol. The fraction of sp³-hybridized carbons (Fsp3) is 0.368. The number of ether oxygens (including phenoxy) is 1. The number of benzene rings is 1. The molecular formula is C19H24N4O2. The molecule has 0 fully saturated rings. The van der Waals surface area contributed by atoms with Crippen LogP contribution in [0.2, 0.25) is 0 Å². The summed E-state index contributed by atoms with van der Waals surface area (Å²) in [5, 5.41) is 0.999. The van der Waals surface area contributed by atoms with E-state index in [2.05, 4.69) is 21.9 Å². The number of H-pyrrole nitrogens is 2. The molecule has 6 heteroatoms. The van der Waals surface area contributed by atoms with Gasteiger partial charge in [0.1, 0.15) is 11.4 Å². The van der Waals surface area contributed by atoms with Crippen LogP contribution in [0.1, 0.15) is 42.4 Å². The highest BCUT2D eigenvalue weighted by molar-refractivity contribution is 5.98. The van der Waals surface area contributed by atoms with Crippen molar-refractivity contribution in [1.82, 2.24) is 19.9 Å². The van der Waals surface area contributed by atoms with Crippen LogP contribution in [-0.4, -0.2) is 39.4 Å². The molecule has 6 nitrogen and oxygen atoms in total. The van der Waals surface area contributed by atoms with Crippen molar-refractivity contribution in [2.24, 2.45) is 0 Å². The molecular weight excluding hydrogens is 316 g/mol. The Hall–Kier alpha value is -2.76. The van der Waals surface area contributed by atoms with E-state index in [-0.39, 0.29) is 5.91 Å². The molecule has 2 heterocycles. The highest BCUT2D eigenvalue weighted by atomic mass is 16.5. The minimum Gasteiger partial charge on any atom is -0.494 e. The Balaban J connectivity index is 1.68. The number of rotatable bonds is 8. The second kappa shape index (κ2) is 7.88. The highest BCUT2D eigenvalue weighted by Crippen LogP contribution is 2.22. The zero-order valence-electron chi connectivity index (χ0n) is 14.7. The molecule has 25 heavy (non-hydrogen) atoms. The number of hydrogen-bond acceptors (Lipinski definition) is 3. The summed E-state index contributed by atoms with van der Waals surface area (Å²) in [4.78, 5) is 24.4. The lowest BCUT2D eigenvalue weighted by Crippen LogP contribution is -2.26. The predicted molar refractivity (Wildman–Crippen MR) is 97.7 cm³/mol. The van der Waals surface area contributed by atoms with Gasteiger partial charge in [-0.15, -0.1) is 0 Å². The first-order chi connectivity index (χ1) is 12.2. The normalized spacial score (nSPS) is 11.0. The summed E-state index contributed by atoms with van der Waals surface area (Å²) in [5.41, 5.74) is 2.38. The van der Waals surface area contributed by atoms with E-state index >= 15 is 0 Å². The van der Waals surface area contributed by atoms with Crippen LogP contribution in [0, 0.1) is 0 Å². The Kier molecular flexibility index (Phi) is 5.38. The molecule has 0 aliphatic carbocycles. The van der Waals surface area contributed by atoms with Gasteiger partial charge >= 0.3 is 0 Å². The third-order valence-electron chi connectivity index (χ3n) is 4.15. The van der Waals surface area contributed by atoms with Crippen LogP contribution in [-0.2, 0) is 6.54 Å². The molecule has 132 valence electrons. The van der Waals surface area contributed by atoms with Crippen molar-refractivity contribution in [3.8, 4) is 5.75 Å². The molecule has 0 aliphatic heterocycles. The molecule has 0 spiro atoms. The number of nitrogens with zero attached hydrogens (tertiary/aromatic N) is 2. The molecule has 0 aliphatic rings. The van der Waals surface area contributed by atoms with Crippen molar-refractivity contribution in [1.29, 1.82) is 0 Å². The van der Waals surface area contributed by atoms with Gasteiger partial charge in [-0.2, -0.15) is 0 Å². The van der Waals surface area contributed by atoms with Crippen molar-refractivity contribution in [2.75, 3.05) is 13.7 Å². The van der Waals surface area contributed by atoms with Gasteiger partial charge in [-0.3, -0.25) is 4.79 Å². The van der Waals surface area contributed by atoms with Gasteiger partial charge in [0.15, 0.2) is 0 Å². The largest absolute Gasteiger partial charge is 0.494 e. The number of hydrogen-bond donors (Lipinski definition) is 2. The zero-order valence-corrected chi connectivity index (χ0v) is 14.7. The van der Waals surface area contributed by atoms with Crippen molar-refractivity contribution in [2.45, 2.75) is 32.7 Å². The van der Waals surface area contributed by atoms with E-state index in [1.807, 2.05) is 24.3 Å². The summed E-state index contributed by atoms with van der Waals surface area (Å²) >= 11 is 0. The molecule has 2 aromatic heterocycles. The molecule has 1 amide bonds. The summed E-state index contributed by atoms with van der Waals surface area (Å²) in [7, 11) is 1.77. The van der Waals surface area contributed by atoms with Gasteiger partial charge in [0.2, 0.25) is 0 Å². The maximum atomic E-state index is 12.6. The number of aromatic nitrogens is 3. The molecule has 0 radical (unpaired) electrons. The lowest BCUT2D eigenvalue weighted by Gasteiger charge is -2.14. The molecule has 0 atom stereocenters. The van der Waals surface area contributed by atoms with Crippen molar-refractivity contribution in [3.63, 3.8) is 0 Å². The molecule has 0 saturated heterocycles. The summed E-state index contributed by atoms with van der Waals surface area (Å²) in [6, 6.07) is 7.76. The average molecular weight is 340 g/mol. The van der Waals surface area contributed by atoms with Crippen LogP contribution in [0.15, 0.2) is 36.8 Å². The third-order valence-corrected chi connectivity index (χ3v) is 4.15. The molecule has 3 rings (SSSR count). The summed E-state index contributed by atoms with van der Waals surface area (Å²) in [6.45, 7) is 3.38. The third kappa shape index (κ3) is 4.21. The fourth-order valence-corrected chi connectivity index (χ4v) is 2.76. The first-order valence-electron chi connectivity index (χ1n) is 8.65. The zero-order chi connectivity index (χ0) is 17.6. The van der Waals surface area contributed by atoms with E-state index in [9.17, 15) is 4.79 Å². The van der Waals surface area contributed by atoms with Gasteiger partial charge in [-0.25, -0.2) is 4.98 Å². The highest BCUT2D eigenvalue weighted by Gasteiger charge is 2.15. The second-order valence-electron chi connectivity index (χ2n) is 6.23. The number of aromatic amines is 2. The molecule has 2 N–H and O–H groups in total. The molecule has 1 aromatic carbocycles. The van der Waals surface area contributed by atoms with Crippen molar-refractivity contribution < 1.29 is 9.53 Å². The Morgan fingerprint density at radius 1 is 1.28 bits per heavy atom. The van der Waals surface area contributed by atoms with Crippen LogP contribution < -0.4 is 4.74 Å². The first kappa shape index (κ1) is 17.1. The van der Waals surface area contributed by atoms with E-state index in [0.29, 0.717) is 12.2 Å². The quantitative estimate of drug-likeness (QED) is 0.614. The number of carbonyl (C=O) groups excluding carboxylic acids is 1. The molecule has 3 aromatic rings. The average Bonchev–Trinajstić information content (AvgIpc) is 3.26. The lowest BCUT2D eigenvalue weighted by atomic mass is 10.2. The predicted octanol–water partition coefficient (Wildman–Crippen LogP) is 3.73. The lowest BCUT2D eigenvalue weighted by molar-refractivity contribution is 0.0778. The van der Waals surface area contributed by atoms with Gasteiger partial charge in [0.05, 0.1) is 25.2 Å². The first-order valence-corrected chi connectivity index (χ1v) is 8.65. The molecule has 0 unspecified atom stereocenters. The van der Waals surface area contributed by atoms with E-state index < -0.39 is 0 Å². The number of unbranched alkanes of at least 4 members (excludes halogenated alkanes) is 2. The van der Waals surface area contributed by atoms with Crippen LogP contribution >= 0.6 is 0 Å². The van der Waals surface area contributed by atoms with Gasteiger partial charge in [-0.1, -0.05) is 19.8 Å². The van der Waals surface area contributed by atoms with Crippen LogP contribution in [0.4, 0.5) is 0 Å². The van der Waals surface area contributed by atoms with Crippen LogP contribution in [0.25, 0.3) is 10.9 Å².